The second-order valence-corrected chi connectivity index (χ2v) is 8.31. The lowest BCUT2D eigenvalue weighted by Crippen LogP contribution is -2.45. The lowest BCUT2D eigenvalue weighted by Gasteiger charge is -2.28. The third kappa shape index (κ3) is 4.09. The van der Waals surface area contributed by atoms with Crippen molar-refractivity contribution in [1.29, 1.82) is 0 Å². The lowest BCUT2D eigenvalue weighted by atomic mass is 10.1. The van der Waals surface area contributed by atoms with E-state index in [2.05, 4.69) is 5.32 Å². The van der Waals surface area contributed by atoms with E-state index >= 15 is 0 Å². The highest BCUT2D eigenvalue weighted by Gasteiger charge is 2.29. The van der Waals surface area contributed by atoms with Crippen molar-refractivity contribution in [2.75, 3.05) is 23.0 Å². The number of carbonyl (C=O) groups is 1. The van der Waals surface area contributed by atoms with Gasteiger partial charge in [0.25, 0.3) is 0 Å². The monoisotopic (exact) mass is 398 g/mol. The number of carbonyl (C=O) groups excluding carboxylic acids is 1. The van der Waals surface area contributed by atoms with Crippen LogP contribution >= 0.6 is 0 Å². The maximum Gasteiger partial charge on any atom is 0.248 e. The Kier molecular flexibility index (Phi) is 5.56. The van der Waals surface area contributed by atoms with E-state index in [-0.39, 0.29) is 0 Å². The van der Waals surface area contributed by atoms with Gasteiger partial charge < -0.3 is 10.1 Å². The highest BCUT2D eigenvalue weighted by molar-refractivity contribution is 7.92. The van der Waals surface area contributed by atoms with Gasteiger partial charge in [-0.15, -0.1) is 0 Å². The van der Waals surface area contributed by atoms with Gasteiger partial charge in [-0.25, -0.2) is 8.42 Å². The molecular formula is C21H22N2O4S. The third-order valence-electron chi connectivity index (χ3n) is 4.46. The molecule has 146 valence electrons. The highest BCUT2D eigenvalue weighted by Crippen LogP contribution is 2.26. The average molecular weight is 398 g/mol. The third-order valence-corrected chi connectivity index (χ3v) is 5.70. The van der Waals surface area contributed by atoms with E-state index in [1.165, 1.54) is 7.11 Å². The van der Waals surface area contributed by atoms with Crippen molar-refractivity contribution in [2.45, 2.75) is 13.0 Å². The summed E-state index contributed by atoms with van der Waals surface area (Å²) in [5.41, 5.74) is 1.03. The molecule has 1 amide bonds. The van der Waals surface area contributed by atoms with Gasteiger partial charge in [-0.05, 0) is 42.6 Å². The first-order valence-corrected chi connectivity index (χ1v) is 10.6. The Labute approximate surface area is 164 Å². The summed E-state index contributed by atoms with van der Waals surface area (Å²) in [6, 6.07) is 18.9. The largest absolute Gasteiger partial charge is 0.497 e. The van der Waals surface area contributed by atoms with Gasteiger partial charge in [0.05, 0.1) is 19.1 Å². The molecule has 0 heterocycles. The maximum absolute atomic E-state index is 12.9. The fraction of sp³-hybridized carbons (Fsp3) is 0.190. The van der Waals surface area contributed by atoms with Gasteiger partial charge >= 0.3 is 0 Å². The van der Waals surface area contributed by atoms with Gasteiger partial charge in [-0.2, -0.15) is 0 Å². The molecule has 0 saturated heterocycles. The van der Waals surface area contributed by atoms with Crippen molar-refractivity contribution in [3.8, 4) is 5.75 Å². The first-order chi connectivity index (χ1) is 13.3. The number of methoxy groups -OCH3 is 1. The topological polar surface area (TPSA) is 75.7 Å². The molecule has 28 heavy (non-hydrogen) atoms. The van der Waals surface area contributed by atoms with E-state index in [9.17, 15) is 13.2 Å². The number of rotatable bonds is 6. The molecule has 6 nitrogen and oxygen atoms in total. The van der Waals surface area contributed by atoms with Gasteiger partial charge in [0.1, 0.15) is 11.8 Å². The van der Waals surface area contributed by atoms with Crippen molar-refractivity contribution in [3.05, 3.63) is 66.7 Å². The summed E-state index contributed by atoms with van der Waals surface area (Å²) >= 11 is 0. The van der Waals surface area contributed by atoms with Gasteiger partial charge in [0.15, 0.2) is 0 Å². The maximum atomic E-state index is 12.9. The SMILES string of the molecule is COc1ccc(N(C(C)C(=O)Nc2cccc3ccccc23)S(C)(=O)=O)cc1. The molecule has 1 atom stereocenters. The van der Waals surface area contributed by atoms with Crippen LogP contribution in [0.4, 0.5) is 11.4 Å². The van der Waals surface area contributed by atoms with Crippen LogP contribution in [0.15, 0.2) is 66.7 Å². The standard InChI is InChI=1S/C21H22N2O4S/c1-15(23(28(3,25)26)17-11-13-18(27-2)14-12-17)21(24)22-20-10-6-8-16-7-4-5-9-19(16)20/h4-15H,1-3H3,(H,22,24). The van der Waals surface area contributed by atoms with E-state index in [4.69, 9.17) is 4.74 Å². The molecule has 3 aromatic rings. The van der Waals surface area contributed by atoms with Gasteiger partial charge in [-0.1, -0.05) is 36.4 Å². The smallest absolute Gasteiger partial charge is 0.248 e. The van der Waals surface area contributed by atoms with Crippen LogP contribution in [0.1, 0.15) is 6.92 Å². The van der Waals surface area contributed by atoms with Gasteiger partial charge in [0, 0.05) is 11.1 Å². The number of amides is 1. The summed E-state index contributed by atoms with van der Waals surface area (Å²) in [5, 5.41) is 4.74. The summed E-state index contributed by atoms with van der Waals surface area (Å²) in [7, 11) is -2.15. The molecule has 0 fully saturated rings. The first-order valence-electron chi connectivity index (χ1n) is 8.73. The number of sulfonamides is 1. The molecule has 3 rings (SSSR count). The van der Waals surface area contributed by atoms with Crippen LogP contribution in [0.2, 0.25) is 0 Å². The van der Waals surface area contributed by atoms with Crippen molar-refractivity contribution < 1.29 is 17.9 Å². The van der Waals surface area contributed by atoms with Crippen LogP contribution in [-0.2, 0) is 14.8 Å². The summed E-state index contributed by atoms with van der Waals surface area (Å²) in [4.78, 5) is 12.9. The molecule has 0 aliphatic carbocycles. The number of hydrogen-bond donors (Lipinski definition) is 1. The van der Waals surface area contributed by atoms with E-state index in [1.54, 1.807) is 37.3 Å². The van der Waals surface area contributed by atoms with Crippen molar-refractivity contribution >= 4 is 38.1 Å². The molecule has 3 aromatic carbocycles. The van der Waals surface area contributed by atoms with Gasteiger partial charge in [-0.3, -0.25) is 9.10 Å². The zero-order chi connectivity index (χ0) is 20.3. The Morgan fingerprint density at radius 1 is 1.00 bits per heavy atom. The summed E-state index contributed by atoms with van der Waals surface area (Å²) in [6.07, 6.45) is 1.08. The minimum atomic E-state index is -3.68. The Hall–Kier alpha value is -3.06. The predicted octanol–water partition coefficient (Wildman–Crippen LogP) is 3.64. The normalized spacial score (nSPS) is 12.4. The molecule has 0 aromatic heterocycles. The molecule has 0 spiro atoms. The molecule has 0 aliphatic rings. The molecule has 1 unspecified atom stereocenters. The number of ether oxygens (including phenoxy) is 1. The minimum Gasteiger partial charge on any atom is -0.497 e. The average Bonchev–Trinajstić information content (AvgIpc) is 2.68. The zero-order valence-corrected chi connectivity index (χ0v) is 16.7. The fourth-order valence-electron chi connectivity index (χ4n) is 3.11. The van der Waals surface area contributed by atoms with Crippen LogP contribution < -0.4 is 14.4 Å². The number of nitrogens with one attached hydrogen (secondary N) is 1. The van der Waals surface area contributed by atoms with Crippen LogP contribution in [-0.4, -0.2) is 33.7 Å². The number of hydrogen-bond acceptors (Lipinski definition) is 4. The molecule has 0 bridgehead atoms. The van der Waals surface area contributed by atoms with Crippen LogP contribution in [0.3, 0.4) is 0 Å². The van der Waals surface area contributed by atoms with Crippen molar-refractivity contribution in [3.63, 3.8) is 0 Å². The number of benzene rings is 3. The first kappa shape index (κ1) is 19.7. The van der Waals surface area contributed by atoms with Crippen LogP contribution in [0, 0.1) is 0 Å². The Morgan fingerprint density at radius 3 is 2.29 bits per heavy atom. The number of fused-ring (bicyclic) bond motifs is 1. The number of anilines is 2. The Bertz CT molecular complexity index is 1090. The lowest BCUT2D eigenvalue weighted by molar-refractivity contribution is -0.116. The highest BCUT2D eigenvalue weighted by atomic mass is 32.2. The van der Waals surface area contributed by atoms with Crippen molar-refractivity contribution in [2.24, 2.45) is 0 Å². The molecule has 1 N–H and O–H groups in total. The Balaban J connectivity index is 1.91. The Morgan fingerprint density at radius 2 is 1.64 bits per heavy atom. The van der Waals surface area contributed by atoms with Crippen molar-refractivity contribution in [1.82, 2.24) is 0 Å². The quantitative estimate of drug-likeness (QED) is 0.688. The van der Waals surface area contributed by atoms with Gasteiger partial charge in [0.2, 0.25) is 15.9 Å². The summed E-state index contributed by atoms with van der Waals surface area (Å²) < 4.78 is 31.0. The molecule has 0 radical (unpaired) electrons. The predicted molar refractivity (Wildman–Crippen MR) is 112 cm³/mol. The number of nitrogens with zero attached hydrogens (tertiary/aromatic N) is 1. The molecule has 0 saturated carbocycles. The van der Waals surface area contributed by atoms with Crippen LogP contribution in [0.5, 0.6) is 5.75 Å². The minimum absolute atomic E-state index is 0.392. The zero-order valence-electron chi connectivity index (χ0n) is 15.9. The summed E-state index contributed by atoms with van der Waals surface area (Å²) in [5.74, 6) is 0.183. The molecule has 0 aliphatic heterocycles. The molecular weight excluding hydrogens is 376 g/mol. The van der Waals surface area contributed by atoms with E-state index in [1.807, 2.05) is 36.4 Å². The van der Waals surface area contributed by atoms with Crippen LogP contribution in [0.25, 0.3) is 10.8 Å². The molecule has 7 heteroatoms. The fourth-order valence-corrected chi connectivity index (χ4v) is 4.28. The second kappa shape index (κ2) is 7.90. The van der Waals surface area contributed by atoms with E-state index < -0.39 is 22.0 Å². The van der Waals surface area contributed by atoms with E-state index in [0.29, 0.717) is 17.1 Å². The van der Waals surface area contributed by atoms with E-state index in [0.717, 1.165) is 21.3 Å². The second-order valence-electron chi connectivity index (χ2n) is 6.45. The summed E-state index contributed by atoms with van der Waals surface area (Å²) in [6.45, 7) is 1.56.